The summed E-state index contributed by atoms with van der Waals surface area (Å²) in [4.78, 5) is 13.1. The molecular weight excluding hydrogens is 289 g/mol. The van der Waals surface area contributed by atoms with Crippen LogP contribution in [0.2, 0.25) is 0 Å². The van der Waals surface area contributed by atoms with E-state index in [1.165, 1.54) is 23.5 Å². The molecule has 0 unspecified atom stereocenters. The van der Waals surface area contributed by atoms with Gasteiger partial charge in [0.2, 0.25) is 0 Å². The molecule has 21 heavy (non-hydrogen) atoms. The second kappa shape index (κ2) is 6.67. The van der Waals surface area contributed by atoms with E-state index >= 15 is 0 Å². The predicted octanol–water partition coefficient (Wildman–Crippen LogP) is 2.32. The lowest BCUT2D eigenvalue weighted by Crippen LogP contribution is -2.11. The third kappa shape index (κ3) is 3.67. The highest BCUT2D eigenvalue weighted by Gasteiger charge is 2.12. The van der Waals surface area contributed by atoms with Gasteiger partial charge in [-0.3, -0.25) is 4.79 Å². The predicted molar refractivity (Wildman–Crippen MR) is 79.3 cm³/mol. The van der Waals surface area contributed by atoms with Gasteiger partial charge in [-0.2, -0.15) is 5.26 Å². The van der Waals surface area contributed by atoms with Gasteiger partial charge in [-0.05, 0) is 30.3 Å². The number of anilines is 1. The molecule has 0 bridgehead atoms. The largest absolute Gasteiger partial charge is 0.320 e. The summed E-state index contributed by atoms with van der Waals surface area (Å²) in [6.45, 7) is 0.246. The summed E-state index contributed by atoms with van der Waals surface area (Å²) in [5.41, 5.74) is 5.50. The SMILES string of the molecule is N#Cc1ccc(NC(=O)c2ccc(C#CCN)s2)c(F)c1. The molecule has 0 aliphatic carbocycles. The molecule has 0 atom stereocenters. The highest BCUT2D eigenvalue weighted by Crippen LogP contribution is 2.20. The lowest BCUT2D eigenvalue weighted by Gasteiger charge is -2.04. The Bertz CT molecular complexity index is 780. The molecule has 1 amide bonds. The minimum atomic E-state index is -0.651. The van der Waals surface area contributed by atoms with Gasteiger partial charge in [-0.15, -0.1) is 11.3 Å². The number of thiophene rings is 1. The highest BCUT2D eigenvalue weighted by atomic mass is 32.1. The van der Waals surface area contributed by atoms with Gasteiger partial charge in [-0.1, -0.05) is 11.8 Å². The van der Waals surface area contributed by atoms with E-state index in [0.29, 0.717) is 9.75 Å². The first kappa shape index (κ1) is 14.7. The van der Waals surface area contributed by atoms with Crippen molar-refractivity contribution in [2.45, 2.75) is 0 Å². The number of nitrogens with one attached hydrogen (secondary N) is 1. The summed E-state index contributed by atoms with van der Waals surface area (Å²) in [6, 6.07) is 9.01. The van der Waals surface area contributed by atoms with Crippen LogP contribution in [0.5, 0.6) is 0 Å². The Morgan fingerprint density at radius 2 is 2.19 bits per heavy atom. The van der Waals surface area contributed by atoms with Crippen LogP contribution in [0.15, 0.2) is 30.3 Å². The number of nitrogens with two attached hydrogens (primary N) is 1. The van der Waals surface area contributed by atoms with E-state index in [9.17, 15) is 9.18 Å². The minimum absolute atomic E-state index is 0.0296. The number of hydrogen-bond donors (Lipinski definition) is 2. The van der Waals surface area contributed by atoms with Gasteiger partial charge in [-0.25, -0.2) is 4.39 Å². The number of carbonyl (C=O) groups excluding carboxylic acids is 1. The van der Waals surface area contributed by atoms with Gasteiger partial charge in [0.15, 0.2) is 0 Å². The number of nitriles is 1. The Hall–Kier alpha value is -2.67. The molecule has 2 rings (SSSR count). The molecule has 0 aliphatic rings. The minimum Gasteiger partial charge on any atom is -0.320 e. The van der Waals surface area contributed by atoms with Crippen LogP contribution in [-0.4, -0.2) is 12.5 Å². The van der Waals surface area contributed by atoms with Gasteiger partial charge in [0.1, 0.15) is 5.82 Å². The normalized spacial score (nSPS) is 9.38. The third-order valence-electron chi connectivity index (χ3n) is 2.49. The zero-order valence-electron chi connectivity index (χ0n) is 10.8. The lowest BCUT2D eigenvalue weighted by atomic mass is 10.2. The van der Waals surface area contributed by atoms with E-state index in [2.05, 4.69) is 17.2 Å². The van der Waals surface area contributed by atoms with Crippen molar-refractivity contribution in [1.82, 2.24) is 0 Å². The van der Waals surface area contributed by atoms with Crippen LogP contribution in [0.4, 0.5) is 10.1 Å². The van der Waals surface area contributed by atoms with Gasteiger partial charge < -0.3 is 11.1 Å². The van der Waals surface area contributed by atoms with E-state index in [1.54, 1.807) is 12.1 Å². The number of halogens is 1. The number of benzene rings is 1. The quantitative estimate of drug-likeness (QED) is 0.835. The topological polar surface area (TPSA) is 78.9 Å². The first-order chi connectivity index (χ1) is 10.1. The molecule has 4 nitrogen and oxygen atoms in total. The van der Waals surface area contributed by atoms with Crippen molar-refractivity contribution in [3.8, 4) is 17.9 Å². The molecular formula is C15H10FN3OS. The molecule has 2 aromatic rings. The van der Waals surface area contributed by atoms with Crippen LogP contribution in [0.1, 0.15) is 20.1 Å². The van der Waals surface area contributed by atoms with Crippen LogP contribution in [0, 0.1) is 29.0 Å². The molecule has 0 saturated heterocycles. The Morgan fingerprint density at radius 1 is 1.38 bits per heavy atom. The molecule has 0 saturated carbocycles. The van der Waals surface area contributed by atoms with Gasteiger partial charge >= 0.3 is 0 Å². The molecule has 0 aliphatic heterocycles. The fourth-order valence-corrected chi connectivity index (χ4v) is 2.31. The van der Waals surface area contributed by atoms with Crippen molar-refractivity contribution in [2.75, 3.05) is 11.9 Å². The molecule has 0 radical (unpaired) electrons. The highest BCUT2D eigenvalue weighted by molar-refractivity contribution is 7.14. The third-order valence-corrected chi connectivity index (χ3v) is 3.49. The second-order valence-electron chi connectivity index (χ2n) is 3.93. The molecule has 1 aromatic carbocycles. The fraction of sp³-hybridized carbons (Fsp3) is 0.0667. The number of carbonyl (C=O) groups is 1. The number of hydrogen-bond acceptors (Lipinski definition) is 4. The summed E-state index contributed by atoms with van der Waals surface area (Å²) >= 11 is 1.20. The van der Waals surface area contributed by atoms with Gasteiger partial charge in [0, 0.05) is 0 Å². The number of rotatable bonds is 2. The summed E-state index contributed by atoms with van der Waals surface area (Å²) in [5.74, 6) is 4.44. The standard InChI is InChI=1S/C15H10FN3OS/c16-12-8-10(9-18)3-5-13(12)19-15(20)14-6-4-11(21-14)2-1-7-17/h3-6,8H,7,17H2,(H,19,20). The van der Waals surface area contributed by atoms with E-state index in [1.807, 2.05) is 6.07 Å². The average Bonchev–Trinajstić information content (AvgIpc) is 2.96. The van der Waals surface area contributed by atoms with Crippen molar-refractivity contribution in [2.24, 2.45) is 5.73 Å². The molecule has 1 heterocycles. The summed E-state index contributed by atoms with van der Waals surface area (Å²) in [6.07, 6.45) is 0. The van der Waals surface area contributed by atoms with Crippen molar-refractivity contribution < 1.29 is 9.18 Å². The van der Waals surface area contributed by atoms with E-state index in [-0.39, 0.29) is 17.8 Å². The Balaban J connectivity index is 2.15. The maximum Gasteiger partial charge on any atom is 0.265 e. The maximum absolute atomic E-state index is 13.7. The Labute approximate surface area is 125 Å². The van der Waals surface area contributed by atoms with Gasteiger partial charge in [0.25, 0.3) is 5.91 Å². The number of nitrogens with zero attached hydrogens (tertiary/aromatic N) is 1. The zero-order chi connectivity index (χ0) is 15.2. The second-order valence-corrected chi connectivity index (χ2v) is 5.01. The Morgan fingerprint density at radius 3 is 2.86 bits per heavy atom. The monoisotopic (exact) mass is 299 g/mol. The van der Waals surface area contributed by atoms with Crippen molar-refractivity contribution in [1.29, 1.82) is 5.26 Å². The van der Waals surface area contributed by atoms with Crippen LogP contribution < -0.4 is 11.1 Å². The molecule has 3 N–H and O–H groups in total. The summed E-state index contributed by atoms with van der Waals surface area (Å²) < 4.78 is 13.7. The van der Waals surface area contributed by atoms with Crippen LogP contribution >= 0.6 is 11.3 Å². The molecule has 0 fully saturated rings. The van der Waals surface area contributed by atoms with Crippen LogP contribution in [-0.2, 0) is 0 Å². The zero-order valence-corrected chi connectivity index (χ0v) is 11.6. The number of amides is 1. The van der Waals surface area contributed by atoms with E-state index < -0.39 is 11.7 Å². The molecule has 1 aromatic heterocycles. The summed E-state index contributed by atoms with van der Waals surface area (Å²) in [5, 5.41) is 11.1. The first-order valence-electron chi connectivity index (χ1n) is 5.94. The molecule has 6 heteroatoms. The van der Waals surface area contributed by atoms with Crippen molar-refractivity contribution in [3.05, 3.63) is 51.5 Å². The first-order valence-corrected chi connectivity index (χ1v) is 6.75. The fourth-order valence-electron chi connectivity index (χ4n) is 1.54. The van der Waals surface area contributed by atoms with Crippen molar-refractivity contribution >= 4 is 22.9 Å². The van der Waals surface area contributed by atoms with E-state index in [4.69, 9.17) is 11.0 Å². The van der Waals surface area contributed by atoms with Crippen molar-refractivity contribution in [3.63, 3.8) is 0 Å². The molecule has 104 valence electrons. The lowest BCUT2D eigenvalue weighted by molar-refractivity contribution is 0.103. The average molecular weight is 299 g/mol. The van der Waals surface area contributed by atoms with Crippen LogP contribution in [0.25, 0.3) is 0 Å². The Kier molecular flexibility index (Phi) is 4.68. The van der Waals surface area contributed by atoms with Crippen LogP contribution in [0.3, 0.4) is 0 Å². The van der Waals surface area contributed by atoms with Gasteiger partial charge in [0.05, 0.1) is 33.6 Å². The molecule has 0 spiro atoms. The smallest absolute Gasteiger partial charge is 0.265 e. The maximum atomic E-state index is 13.7. The summed E-state index contributed by atoms with van der Waals surface area (Å²) in [7, 11) is 0. The van der Waals surface area contributed by atoms with E-state index in [0.717, 1.165) is 6.07 Å².